The number of rotatable bonds is 7. The number of urea groups is 1. The number of carbonyl (C=O) groups is 2. The monoisotopic (exact) mass is 287 g/mol. The maximum Gasteiger partial charge on any atom is 0.326 e. The van der Waals surface area contributed by atoms with E-state index in [9.17, 15) is 9.59 Å². The minimum absolute atomic E-state index is 0.259. The normalized spacial score (nSPS) is 20.6. The van der Waals surface area contributed by atoms with Crippen LogP contribution in [0.2, 0.25) is 0 Å². The van der Waals surface area contributed by atoms with Crippen LogP contribution in [0.5, 0.6) is 0 Å². The summed E-state index contributed by atoms with van der Waals surface area (Å²) in [4.78, 5) is 26.8. The molecule has 1 fully saturated rings. The Hall–Kier alpha value is -1.34. The number of carbonyl (C=O) groups excluding carboxylic acids is 1. The van der Waals surface area contributed by atoms with Gasteiger partial charge >= 0.3 is 12.0 Å². The summed E-state index contributed by atoms with van der Waals surface area (Å²) in [6.45, 7) is 1.96. The zero-order valence-electron chi connectivity index (χ0n) is 12.5. The highest BCUT2D eigenvalue weighted by Crippen LogP contribution is 2.15. The molecule has 0 aliphatic carbocycles. The molecule has 1 aliphatic heterocycles. The van der Waals surface area contributed by atoms with E-state index in [2.05, 4.69) is 10.2 Å². The van der Waals surface area contributed by atoms with E-state index in [1.54, 1.807) is 11.9 Å². The lowest BCUT2D eigenvalue weighted by molar-refractivity contribution is -0.139. The largest absolute Gasteiger partial charge is 0.480 e. The average molecular weight is 287 g/mol. The van der Waals surface area contributed by atoms with E-state index in [0.717, 1.165) is 19.4 Å². The minimum atomic E-state index is -1.04. The number of likely N-dealkylation sites (tertiary alicyclic amines) is 1. The van der Waals surface area contributed by atoms with Gasteiger partial charge in [-0.15, -0.1) is 0 Å². The topological polar surface area (TPSA) is 82.1 Å². The summed E-state index contributed by atoms with van der Waals surface area (Å²) >= 11 is 0. The van der Waals surface area contributed by atoms with Gasteiger partial charge in [0.2, 0.25) is 0 Å². The average Bonchev–Trinajstić information content (AvgIpc) is 2.79. The molecule has 116 valence electrons. The summed E-state index contributed by atoms with van der Waals surface area (Å²) in [7, 11) is 5.24. The van der Waals surface area contributed by atoms with Crippen LogP contribution in [0.15, 0.2) is 0 Å². The molecule has 7 heteroatoms. The van der Waals surface area contributed by atoms with Crippen molar-refractivity contribution in [1.82, 2.24) is 15.1 Å². The fraction of sp³-hybridized carbons (Fsp3) is 0.846. The highest BCUT2D eigenvalue weighted by atomic mass is 16.5. The van der Waals surface area contributed by atoms with E-state index in [0.29, 0.717) is 19.2 Å². The molecule has 2 unspecified atom stereocenters. The predicted molar refractivity (Wildman–Crippen MR) is 74.7 cm³/mol. The van der Waals surface area contributed by atoms with E-state index in [1.165, 1.54) is 7.11 Å². The van der Waals surface area contributed by atoms with Crippen LogP contribution in [0.4, 0.5) is 4.79 Å². The van der Waals surface area contributed by atoms with Crippen molar-refractivity contribution < 1.29 is 19.4 Å². The van der Waals surface area contributed by atoms with Gasteiger partial charge in [-0.05, 0) is 26.4 Å². The lowest BCUT2D eigenvalue weighted by Gasteiger charge is -2.27. The summed E-state index contributed by atoms with van der Waals surface area (Å²) in [6, 6.07) is -0.909. The van der Waals surface area contributed by atoms with Crippen LogP contribution >= 0.6 is 0 Å². The molecule has 1 aliphatic rings. The van der Waals surface area contributed by atoms with Gasteiger partial charge in [0.15, 0.2) is 0 Å². The van der Waals surface area contributed by atoms with Crippen LogP contribution in [0.1, 0.15) is 19.3 Å². The lowest BCUT2D eigenvalue weighted by atomic mass is 10.2. The van der Waals surface area contributed by atoms with E-state index < -0.39 is 12.0 Å². The second kappa shape index (κ2) is 8.06. The van der Waals surface area contributed by atoms with Crippen molar-refractivity contribution in [1.29, 1.82) is 0 Å². The third-order valence-corrected chi connectivity index (χ3v) is 3.71. The van der Waals surface area contributed by atoms with Crippen molar-refractivity contribution in [2.45, 2.75) is 31.3 Å². The molecule has 2 amide bonds. The molecule has 0 aromatic rings. The molecule has 0 bridgehead atoms. The number of nitrogens with one attached hydrogen (secondary N) is 1. The summed E-state index contributed by atoms with van der Waals surface area (Å²) in [5.41, 5.74) is 0. The molecule has 2 N–H and O–H groups in total. The highest BCUT2D eigenvalue weighted by Gasteiger charge is 2.26. The van der Waals surface area contributed by atoms with Gasteiger partial charge in [-0.2, -0.15) is 0 Å². The molecule has 7 nitrogen and oxygen atoms in total. The SMILES string of the molecule is COCCC(NC(=O)N(C)CC1CCCN1C)C(=O)O. The Bertz CT molecular complexity index is 338. The van der Waals surface area contributed by atoms with Crippen molar-refractivity contribution in [2.75, 3.05) is 40.9 Å². The Balaban J connectivity index is 2.44. The summed E-state index contributed by atoms with van der Waals surface area (Å²) in [5.74, 6) is -1.04. The molecule has 0 aromatic carbocycles. The number of amides is 2. The second-order valence-corrected chi connectivity index (χ2v) is 5.28. The van der Waals surface area contributed by atoms with Crippen LogP contribution in [-0.2, 0) is 9.53 Å². The van der Waals surface area contributed by atoms with Crippen LogP contribution in [0, 0.1) is 0 Å². The summed E-state index contributed by atoms with van der Waals surface area (Å²) < 4.78 is 4.85. The first kappa shape index (κ1) is 16.7. The fourth-order valence-corrected chi connectivity index (χ4v) is 2.36. The van der Waals surface area contributed by atoms with E-state index >= 15 is 0 Å². The van der Waals surface area contributed by atoms with E-state index in [4.69, 9.17) is 9.84 Å². The van der Waals surface area contributed by atoms with Gasteiger partial charge in [-0.1, -0.05) is 0 Å². The Morgan fingerprint density at radius 2 is 2.25 bits per heavy atom. The molecule has 0 spiro atoms. The van der Waals surface area contributed by atoms with Crippen molar-refractivity contribution in [3.8, 4) is 0 Å². The second-order valence-electron chi connectivity index (χ2n) is 5.28. The number of aliphatic carboxylic acids is 1. The Morgan fingerprint density at radius 3 is 2.75 bits per heavy atom. The first-order valence-corrected chi connectivity index (χ1v) is 6.89. The molecule has 2 atom stereocenters. The first-order chi connectivity index (χ1) is 9.45. The zero-order valence-corrected chi connectivity index (χ0v) is 12.5. The quantitative estimate of drug-likeness (QED) is 0.699. The number of likely N-dealkylation sites (N-methyl/N-ethyl adjacent to an activating group) is 2. The fourth-order valence-electron chi connectivity index (χ4n) is 2.36. The van der Waals surface area contributed by atoms with Crippen molar-refractivity contribution in [2.24, 2.45) is 0 Å². The Kier molecular flexibility index (Phi) is 6.74. The maximum atomic E-state index is 12.0. The third-order valence-electron chi connectivity index (χ3n) is 3.71. The van der Waals surface area contributed by atoms with Crippen molar-refractivity contribution in [3.63, 3.8) is 0 Å². The predicted octanol–water partition coefficient (Wildman–Crippen LogP) is 0.212. The summed E-state index contributed by atoms with van der Waals surface area (Å²) in [5, 5.41) is 11.6. The van der Waals surface area contributed by atoms with E-state index in [-0.39, 0.29) is 12.5 Å². The molecule has 1 rings (SSSR count). The van der Waals surface area contributed by atoms with Crippen LogP contribution in [-0.4, -0.2) is 79.9 Å². The van der Waals surface area contributed by atoms with Gasteiger partial charge in [-0.25, -0.2) is 9.59 Å². The molecule has 0 aromatic heterocycles. The van der Waals surface area contributed by atoms with Gasteiger partial charge in [0.05, 0.1) is 0 Å². The smallest absolute Gasteiger partial charge is 0.326 e. The van der Waals surface area contributed by atoms with Gasteiger partial charge in [-0.3, -0.25) is 0 Å². The number of nitrogens with zero attached hydrogens (tertiary/aromatic N) is 2. The molecular weight excluding hydrogens is 262 g/mol. The number of methoxy groups -OCH3 is 1. The molecule has 1 saturated heterocycles. The molecule has 20 heavy (non-hydrogen) atoms. The maximum absolute atomic E-state index is 12.0. The van der Waals surface area contributed by atoms with Crippen molar-refractivity contribution >= 4 is 12.0 Å². The summed E-state index contributed by atoms with van der Waals surface area (Å²) in [6.07, 6.45) is 2.47. The Labute approximate surface area is 119 Å². The standard InChI is InChI=1S/C13H25N3O4/c1-15-7-4-5-10(15)9-16(2)13(19)14-11(12(17)18)6-8-20-3/h10-11H,4-9H2,1-3H3,(H,14,19)(H,17,18). The molecule has 0 saturated carbocycles. The van der Waals surface area contributed by atoms with Crippen LogP contribution < -0.4 is 5.32 Å². The van der Waals surface area contributed by atoms with Crippen LogP contribution in [0.25, 0.3) is 0 Å². The lowest BCUT2D eigenvalue weighted by Crippen LogP contribution is -2.49. The van der Waals surface area contributed by atoms with Gasteiger partial charge in [0.25, 0.3) is 0 Å². The molecule has 0 radical (unpaired) electrons. The third kappa shape index (κ3) is 4.97. The first-order valence-electron chi connectivity index (χ1n) is 6.89. The molecule has 1 heterocycles. The number of carboxylic acid groups (broad SMARTS) is 1. The minimum Gasteiger partial charge on any atom is -0.480 e. The number of hydrogen-bond donors (Lipinski definition) is 2. The van der Waals surface area contributed by atoms with E-state index in [1.807, 2.05) is 7.05 Å². The van der Waals surface area contributed by atoms with Crippen molar-refractivity contribution in [3.05, 3.63) is 0 Å². The van der Waals surface area contributed by atoms with Crippen LogP contribution in [0.3, 0.4) is 0 Å². The number of carboxylic acids is 1. The number of hydrogen-bond acceptors (Lipinski definition) is 4. The molecular formula is C13H25N3O4. The number of ether oxygens (including phenoxy) is 1. The van der Waals surface area contributed by atoms with Gasteiger partial charge in [0.1, 0.15) is 6.04 Å². The van der Waals surface area contributed by atoms with Gasteiger partial charge in [0, 0.05) is 39.8 Å². The Morgan fingerprint density at radius 1 is 1.55 bits per heavy atom. The highest BCUT2D eigenvalue weighted by molar-refractivity contribution is 5.82. The zero-order chi connectivity index (χ0) is 15.1. The van der Waals surface area contributed by atoms with Gasteiger partial charge < -0.3 is 25.0 Å².